The quantitative estimate of drug-likeness (QED) is 0.612. The minimum Gasteiger partial charge on any atom is -0.0613 e. The summed E-state index contributed by atoms with van der Waals surface area (Å²) in [5.74, 6) is 0. The van der Waals surface area contributed by atoms with E-state index in [1.54, 1.807) is 0 Å². The second-order valence-electron chi connectivity index (χ2n) is 4.62. The van der Waals surface area contributed by atoms with Crippen LogP contribution in [0.25, 0.3) is 0 Å². The van der Waals surface area contributed by atoms with Crippen LogP contribution in [0.5, 0.6) is 0 Å². The molecule has 1 aliphatic rings. The van der Waals surface area contributed by atoms with E-state index in [4.69, 9.17) is 0 Å². The van der Waals surface area contributed by atoms with Crippen LogP contribution in [0.4, 0.5) is 0 Å². The van der Waals surface area contributed by atoms with Gasteiger partial charge in [0.25, 0.3) is 0 Å². The van der Waals surface area contributed by atoms with E-state index < -0.39 is 0 Å². The van der Waals surface area contributed by atoms with E-state index in [2.05, 4.69) is 39.0 Å². The zero-order chi connectivity index (χ0) is 9.47. The number of rotatable bonds is 1. The molecular formula is C13H17. The van der Waals surface area contributed by atoms with Crippen LogP contribution < -0.4 is 0 Å². The van der Waals surface area contributed by atoms with Gasteiger partial charge in [-0.15, -0.1) is 0 Å². The zero-order valence-electron chi connectivity index (χ0n) is 8.56. The van der Waals surface area contributed by atoms with Gasteiger partial charge in [0.05, 0.1) is 0 Å². The lowest BCUT2D eigenvalue weighted by Crippen LogP contribution is -2.10. The summed E-state index contributed by atoms with van der Waals surface area (Å²) in [5.41, 5.74) is 4.73. The van der Waals surface area contributed by atoms with Gasteiger partial charge in [0, 0.05) is 0 Å². The highest BCUT2D eigenvalue weighted by Crippen LogP contribution is 2.36. The SMILES string of the molecule is [CH2]C1(C)Cc2ccc(CC)cc2C1. The van der Waals surface area contributed by atoms with Crippen molar-refractivity contribution in [3.63, 3.8) is 0 Å². The summed E-state index contributed by atoms with van der Waals surface area (Å²) in [6.45, 7) is 8.70. The van der Waals surface area contributed by atoms with Crippen molar-refractivity contribution in [2.75, 3.05) is 0 Å². The maximum atomic E-state index is 4.24. The van der Waals surface area contributed by atoms with Gasteiger partial charge in [-0.25, -0.2) is 0 Å². The first-order valence-corrected chi connectivity index (χ1v) is 5.07. The minimum absolute atomic E-state index is 0.245. The van der Waals surface area contributed by atoms with E-state index in [1.165, 1.54) is 16.7 Å². The van der Waals surface area contributed by atoms with Crippen molar-refractivity contribution >= 4 is 0 Å². The molecule has 2 rings (SSSR count). The third-order valence-electron chi connectivity index (χ3n) is 2.91. The van der Waals surface area contributed by atoms with E-state index in [-0.39, 0.29) is 5.41 Å². The predicted molar refractivity (Wildman–Crippen MR) is 56.7 cm³/mol. The molecule has 1 unspecified atom stereocenters. The smallest absolute Gasteiger partial charge is 0.0219 e. The fourth-order valence-corrected chi connectivity index (χ4v) is 2.22. The Kier molecular flexibility index (Phi) is 1.94. The van der Waals surface area contributed by atoms with E-state index >= 15 is 0 Å². The third kappa shape index (κ3) is 1.63. The van der Waals surface area contributed by atoms with Gasteiger partial charge in [0.15, 0.2) is 0 Å². The highest BCUT2D eigenvalue weighted by molar-refractivity contribution is 5.37. The highest BCUT2D eigenvalue weighted by atomic mass is 14.3. The normalized spacial score (nSPS) is 18.7. The zero-order valence-corrected chi connectivity index (χ0v) is 8.56. The second-order valence-corrected chi connectivity index (χ2v) is 4.62. The Hall–Kier alpha value is -0.780. The topological polar surface area (TPSA) is 0 Å². The third-order valence-corrected chi connectivity index (χ3v) is 2.91. The Morgan fingerprint density at radius 2 is 2.00 bits per heavy atom. The second kappa shape index (κ2) is 2.87. The molecule has 0 aromatic heterocycles. The van der Waals surface area contributed by atoms with Crippen LogP contribution in [0.3, 0.4) is 0 Å². The molecule has 0 heterocycles. The van der Waals surface area contributed by atoms with Crippen molar-refractivity contribution in [1.29, 1.82) is 0 Å². The molecule has 0 amide bonds. The van der Waals surface area contributed by atoms with E-state index in [0.717, 1.165) is 19.3 Å². The molecule has 0 fully saturated rings. The maximum absolute atomic E-state index is 4.24. The number of hydrogen-bond donors (Lipinski definition) is 0. The number of fused-ring (bicyclic) bond motifs is 1. The molecule has 0 saturated carbocycles. The molecule has 0 saturated heterocycles. The predicted octanol–water partition coefficient (Wildman–Crippen LogP) is 3.19. The first-order valence-electron chi connectivity index (χ1n) is 5.07. The standard InChI is InChI=1S/C13H17/c1-4-10-5-6-11-8-13(2,3)9-12(11)7-10/h5-7H,2,4,8-9H2,1,3H3. The van der Waals surface area contributed by atoms with Crippen molar-refractivity contribution in [2.24, 2.45) is 5.41 Å². The summed E-state index contributed by atoms with van der Waals surface area (Å²) in [7, 11) is 0. The molecule has 69 valence electrons. The molecule has 0 N–H and O–H groups in total. The van der Waals surface area contributed by atoms with Gasteiger partial charge in [-0.1, -0.05) is 32.0 Å². The van der Waals surface area contributed by atoms with Crippen LogP contribution >= 0.6 is 0 Å². The summed E-state index contributed by atoms with van der Waals surface area (Å²) in [5, 5.41) is 0. The molecule has 1 atom stereocenters. The first-order chi connectivity index (χ1) is 6.11. The molecule has 0 aliphatic heterocycles. The van der Waals surface area contributed by atoms with Crippen molar-refractivity contribution in [3.05, 3.63) is 41.8 Å². The summed E-state index contributed by atoms with van der Waals surface area (Å²) in [4.78, 5) is 0. The van der Waals surface area contributed by atoms with Gasteiger partial charge in [-0.05, 0) is 48.3 Å². The lowest BCUT2D eigenvalue weighted by Gasteiger charge is -2.14. The van der Waals surface area contributed by atoms with Gasteiger partial charge in [0.1, 0.15) is 0 Å². The first kappa shape index (κ1) is 8.80. The van der Waals surface area contributed by atoms with Crippen molar-refractivity contribution in [3.8, 4) is 0 Å². The molecule has 0 nitrogen and oxygen atoms in total. The number of hydrogen-bond acceptors (Lipinski definition) is 0. The molecule has 1 aromatic carbocycles. The molecule has 1 aromatic rings. The largest absolute Gasteiger partial charge is 0.0613 e. The molecule has 0 spiro atoms. The molecule has 1 radical (unpaired) electrons. The average molecular weight is 173 g/mol. The molecule has 0 bridgehead atoms. The Labute approximate surface area is 81.0 Å². The van der Waals surface area contributed by atoms with E-state index in [1.807, 2.05) is 0 Å². The van der Waals surface area contributed by atoms with E-state index in [0.29, 0.717) is 0 Å². The van der Waals surface area contributed by atoms with Gasteiger partial charge in [0.2, 0.25) is 0 Å². The monoisotopic (exact) mass is 173 g/mol. The lowest BCUT2D eigenvalue weighted by atomic mass is 9.90. The van der Waals surface area contributed by atoms with Gasteiger partial charge in [-0.3, -0.25) is 0 Å². The number of benzene rings is 1. The van der Waals surface area contributed by atoms with Crippen LogP contribution in [0.15, 0.2) is 18.2 Å². The fraction of sp³-hybridized carbons (Fsp3) is 0.462. The lowest BCUT2D eigenvalue weighted by molar-refractivity contribution is 0.453. The van der Waals surface area contributed by atoms with Crippen molar-refractivity contribution in [2.45, 2.75) is 33.1 Å². The highest BCUT2D eigenvalue weighted by Gasteiger charge is 2.27. The van der Waals surface area contributed by atoms with E-state index in [9.17, 15) is 0 Å². The summed E-state index contributed by atoms with van der Waals surface area (Å²) < 4.78 is 0. The van der Waals surface area contributed by atoms with Gasteiger partial charge < -0.3 is 0 Å². The van der Waals surface area contributed by atoms with Gasteiger partial charge in [-0.2, -0.15) is 0 Å². The van der Waals surface area contributed by atoms with Gasteiger partial charge >= 0.3 is 0 Å². The Balaban J connectivity index is 2.36. The Morgan fingerprint density at radius 3 is 2.69 bits per heavy atom. The Bertz CT molecular complexity index is 321. The van der Waals surface area contributed by atoms with Crippen LogP contribution in [0.1, 0.15) is 30.5 Å². The van der Waals surface area contributed by atoms with Crippen LogP contribution in [-0.2, 0) is 19.3 Å². The maximum Gasteiger partial charge on any atom is -0.0219 e. The average Bonchev–Trinajstić information content (AvgIpc) is 2.36. The summed E-state index contributed by atoms with van der Waals surface area (Å²) >= 11 is 0. The van der Waals surface area contributed by atoms with Crippen molar-refractivity contribution < 1.29 is 0 Å². The summed E-state index contributed by atoms with van der Waals surface area (Å²) in [6.07, 6.45) is 3.43. The minimum atomic E-state index is 0.245. The molecule has 0 heteroatoms. The molecule has 1 aliphatic carbocycles. The fourth-order valence-electron chi connectivity index (χ4n) is 2.22. The molecule has 13 heavy (non-hydrogen) atoms. The number of aryl methyl sites for hydroxylation is 1. The molecular weight excluding hydrogens is 156 g/mol. The van der Waals surface area contributed by atoms with Crippen molar-refractivity contribution in [1.82, 2.24) is 0 Å². The Morgan fingerprint density at radius 1 is 1.31 bits per heavy atom. The summed E-state index contributed by atoms with van der Waals surface area (Å²) in [6, 6.07) is 6.89. The van der Waals surface area contributed by atoms with Crippen LogP contribution in [0.2, 0.25) is 0 Å². The van der Waals surface area contributed by atoms with Crippen LogP contribution in [-0.4, -0.2) is 0 Å². The van der Waals surface area contributed by atoms with Crippen LogP contribution in [0, 0.1) is 12.3 Å².